The third-order valence-electron chi connectivity index (χ3n) is 2.48. The number of nitrogens with zero attached hydrogens (tertiary/aromatic N) is 1. The number of hydrogen-bond donors (Lipinski definition) is 2. The van der Waals surface area contributed by atoms with E-state index in [0.717, 1.165) is 25.9 Å². The molecule has 13 heavy (non-hydrogen) atoms. The van der Waals surface area contributed by atoms with Crippen LogP contribution in [-0.4, -0.2) is 44.2 Å². The Hall–Kier alpha value is -0.770. The van der Waals surface area contributed by atoms with Crippen molar-refractivity contribution in [1.82, 2.24) is 15.5 Å². The van der Waals surface area contributed by atoms with E-state index in [-0.39, 0.29) is 6.03 Å². The molecular formula is C9H19N3O. The first-order valence-corrected chi connectivity index (χ1v) is 4.90. The van der Waals surface area contributed by atoms with E-state index >= 15 is 0 Å². The summed E-state index contributed by atoms with van der Waals surface area (Å²) in [7, 11) is 3.71. The molecule has 1 aliphatic carbocycles. The van der Waals surface area contributed by atoms with Gasteiger partial charge >= 0.3 is 6.03 Å². The molecule has 0 aromatic rings. The smallest absolute Gasteiger partial charge is 0.317 e. The highest BCUT2D eigenvalue weighted by atomic mass is 16.2. The van der Waals surface area contributed by atoms with Gasteiger partial charge in [0, 0.05) is 26.2 Å². The Balaban J connectivity index is 2.13. The molecular weight excluding hydrogens is 166 g/mol. The van der Waals surface area contributed by atoms with Crippen LogP contribution in [0.15, 0.2) is 0 Å². The van der Waals surface area contributed by atoms with Crippen molar-refractivity contribution in [2.75, 3.05) is 27.2 Å². The van der Waals surface area contributed by atoms with E-state index < -0.39 is 0 Å². The first-order chi connectivity index (χ1) is 6.24. The van der Waals surface area contributed by atoms with E-state index in [1.807, 2.05) is 14.1 Å². The zero-order valence-corrected chi connectivity index (χ0v) is 8.47. The zero-order chi connectivity index (χ0) is 9.68. The highest BCUT2D eigenvalue weighted by Gasteiger charge is 2.20. The van der Waals surface area contributed by atoms with E-state index in [1.165, 1.54) is 6.42 Å². The predicted molar refractivity (Wildman–Crippen MR) is 52.7 cm³/mol. The molecule has 4 heteroatoms. The van der Waals surface area contributed by atoms with E-state index in [1.54, 1.807) is 4.90 Å². The maximum absolute atomic E-state index is 11.4. The Kier molecular flexibility index (Phi) is 4.02. The van der Waals surface area contributed by atoms with Crippen molar-refractivity contribution in [3.63, 3.8) is 0 Å². The standard InChI is InChI=1S/C9H19N3O/c1-10-6-7-12(2)9(13)11-8-4-3-5-8/h8,10H,3-7H2,1-2H3,(H,11,13). The average Bonchev–Trinajstić information content (AvgIpc) is 2.06. The molecule has 4 nitrogen and oxygen atoms in total. The quantitative estimate of drug-likeness (QED) is 0.666. The number of likely N-dealkylation sites (N-methyl/N-ethyl adjacent to an activating group) is 2. The molecule has 0 saturated heterocycles. The van der Waals surface area contributed by atoms with Crippen LogP contribution in [0.4, 0.5) is 4.79 Å². The van der Waals surface area contributed by atoms with Gasteiger partial charge < -0.3 is 15.5 Å². The number of carbonyl (C=O) groups is 1. The number of carbonyl (C=O) groups excluding carboxylic acids is 1. The molecule has 1 saturated carbocycles. The molecule has 0 aromatic heterocycles. The van der Waals surface area contributed by atoms with Gasteiger partial charge in [0.15, 0.2) is 0 Å². The fraction of sp³-hybridized carbons (Fsp3) is 0.889. The lowest BCUT2D eigenvalue weighted by Gasteiger charge is -2.29. The third-order valence-corrected chi connectivity index (χ3v) is 2.48. The molecule has 1 fully saturated rings. The molecule has 0 aliphatic heterocycles. The van der Waals surface area contributed by atoms with Crippen LogP contribution in [0.3, 0.4) is 0 Å². The summed E-state index contributed by atoms with van der Waals surface area (Å²) in [6, 6.07) is 0.490. The number of hydrogen-bond acceptors (Lipinski definition) is 2. The number of urea groups is 1. The summed E-state index contributed by atoms with van der Waals surface area (Å²) in [6.07, 6.45) is 3.54. The normalized spacial score (nSPS) is 16.5. The summed E-state index contributed by atoms with van der Waals surface area (Å²) in [5.41, 5.74) is 0. The van der Waals surface area contributed by atoms with Crippen molar-refractivity contribution >= 4 is 6.03 Å². The molecule has 1 rings (SSSR count). The summed E-state index contributed by atoms with van der Waals surface area (Å²) < 4.78 is 0. The van der Waals surface area contributed by atoms with Gasteiger partial charge in [-0.1, -0.05) is 0 Å². The van der Waals surface area contributed by atoms with Crippen LogP contribution >= 0.6 is 0 Å². The van der Waals surface area contributed by atoms with Crippen molar-refractivity contribution < 1.29 is 4.79 Å². The van der Waals surface area contributed by atoms with E-state index in [0.29, 0.717) is 6.04 Å². The van der Waals surface area contributed by atoms with Crippen LogP contribution in [0.1, 0.15) is 19.3 Å². The van der Waals surface area contributed by atoms with Crippen LogP contribution in [0.5, 0.6) is 0 Å². The van der Waals surface area contributed by atoms with Crippen LogP contribution < -0.4 is 10.6 Å². The van der Waals surface area contributed by atoms with Crippen molar-refractivity contribution in [3.05, 3.63) is 0 Å². The third kappa shape index (κ3) is 3.22. The van der Waals surface area contributed by atoms with Gasteiger partial charge in [-0.15, -0.1) is 0 Å². The van der Waals surface area contributed by atoms with Gasteiger partial charge in [-0.3, -0.25) is 0 Å². The molecule has 76 valence electrons. The summed E-state index contributed by atoms with van der Waals surface area (Å²) in [5.74, 6) is 0. The molecule has 0 heterocycles. The first-order valence-electron chi connectivity index (χ1n) is 4.90. The van der Waals surface area contributed by atoms with E-state index in [9.17, 15) is 4.79 Å². The minimum absolute atomic E-state index is 0.0555. The summed E-state index contributed by atoms with van der Waals surface area (Å²) in [5, 5.41) is 6.00. The highest BCUT2D eigenvalue weighted by Crippen LogP contribution is 2.17. The Bertz CT molecular complexity index is 168. The van der Waals surface area contributed by atoms with Crippen LogP contribution in [-0.2, 0) is 0 Å². The second-order valence-corrected chi connectivity index (χ2v) is 3.60. The lowest BCUT2D eigenvalue weighted by Crippen LogP contribution is -2.47. The monoisotopic (exact) mass is 185 g/mol. The fourth-order valence-electron chi connectivity index (χ4n) is 1.22. The van der Waals surface area contributed by atoms with E-state index in [2.05, 4.69) is 10.6 Å². The molecule has 2 N–H and O–H groups in total. The Labute approximate surface area is 79.7 Å². The average molecular weight is 185 g/mol. The van der Waals surface area contributed by atoms with Crippen molar-refractivity contribution in [1.29, 1.82) is 0 Å². The van der Waals surface area contributed by atoms with Gasteiger partial charge in [-0.2, -0.15) is 0 Å². The fourth-order valence-corrected chi connectivity index (χ4v) is 1.22. The Morgan fingerprint density at radius 3 is 2.69 bits per heavy atom. The first kappa shape index (κ1) is 10.3. The topological polar surface area (TPSA) is 44.4 Å². The summed E-state index contributed by atoms with van der Waals surface area (Å²) >= 11 is 0. The van der Waals surface area contributed by atoms with Gasteiger partial charge in [-0.25, -0.2) is 4.79 Å². The van der Waals surface area contributed by atoms with Gasteiger partial charge in [0.1, 0.15) is 0 Å². The van der Waals surface area contributed by atoms with Crippen LogP contribution in [0.25, 0.3) is 0 Å². The summed E-state index contributed by atoms with van der Waals surface area (Å²) in [4.78, 5) is 13.2. The lowest BCUT2D eigenvalue weighted by atomic mass is 9.93. The van der Waals surface area contributed by atoms with Crippen LogP contribution in [0, 0.1) is 0 Å². The molecule has 0 bridgehead atoms. The maximum atomic E-state index is 11.4. The predicted octanol–water partition coefficient (Wildman–Crippen LogP) is 0.400. The Morgan fingerprint density at radius 2 is 2.23 bits per heavy atom. The Morgan fingerprint density at radius 1 is 1.54 bits per heavy atom. The second kappa shape index (κ2) is 5.07. The number of rotatable bonds is 4. The molecule has 0 radical (unpaired) electrons. The molecule has 1 aliphatic rings. The molecule has 0 spiro atoms. The molecule has 2 amide bonds. The number of nitrogens with one attached hydrogen (secondary N) is 2. The number of amides is 2. The minimum atomic E-state index is 0.0555. The largest absolute Gasteiger partial charge is 0.335 e. The van der Waals surface area contributed by atoms with Crippen molar-refractivity contribution in [2.24, 2.45) is 0 Å². The maximum Gasteiger partial charge on any atom is 0.317 e. The van der Waals surface area contributed by atoms with Gasteiger partial charge in [0.05, 0.1) is 0 Å². The molecule has 0 aromatic carbocycles. The highest BCUT2D eigenvalue weighted by molar-refractivity contribution is 5.74. The van der Waals surface area contributed by atoms with Crippen LogP contribution in [0.2, 0.25) is 0 Å². The second-order valence-electron chi connectivity index (χ2n) is 3.60. The zero-order valence-electron chi connectivity index (χ0n) is 8.47. The van der Waals surface area contributed by atoms with Gasteiger partial charge in [0.2, 0.25) is 0 Å². The SMILES string of the molecule is CNCCN(C)C(=O)NC1CCC1. The van der Waals surface area contributed by atoms with E-state index in [4.69, 9.17) is 0 Å². The molecule has 0 atom stereocenters. The van der Waals surface area contributed by atoms with Crippen molar-refractivity contribution in [3.8, 4) is 0 Å². The van der Waals surface area contributed by atoms with Gasteiger partial charge in [0.25, 0.3) is 0 Å². The summed E-state index contributed by atoms with van der Waals surface area (Å²) in [6.45, 7) is 1.60. The lowest BCUT2D eigenvalue weighted by molar-refractivity contribution is 0.197. The van der Waals surface area contributed by atoms with Crippen molar-refractivity contribution in [2.45, 2.75) is 25.3 Å². The van der Waals surface area contributed by atoms with Gasteiger partial charge in [-0.05, 0) is 26.3 Å². The minimum Gasteiger partial charge on any atom is -0.335 e. The molecule has 0 unspecified atom stereocenters.